The fourth-order valence-corrected chi connectivity index (χ4v) is 3.43. The normalized spacial score (nSPS) is 11.9. The van der Waals surface area contributed by atoms with Gasteiger partial charge in [0, 0.05) is 16.7 Å². The lowest BCUT2D eigenvalue weighted by Gasteiger charge is -2.15. The SMILES string of the molecule is COc1ccc(C(O)CNC(=O)Cc2ccc(SC(C)C)cc2)cc1OC. The van der Waals surface area contributed by atoms with E-state index >= 15 is 0 Å². The highest BCUT2D eigenvalue weighted by molar-refractivity contribution is 7.99. The van der Waals surface area contributed by atoms with E-state index in [-0.39, 0.29) is 18.9 Å². The molecule has 0 aliphatic rings. The van der Waals surface area contributed by atoms with E-state index in [1.165, 1.54) is 4.90 Å². The number of benzene rings is 2. The molecule has 27 heavy (non-hydrogen) atoms. The van der Waals surface area contributed by atoms with E-state index in [1.54, 1.807) is 44.2 Å². The molecule has 0 bridgehead atoms. The molecule has 2 rings (SSSR count). The van der Waals surface area contributed by atoms with Crippen molar-refractivity contribution in [3.8, 4) is 11.5 Å². The summed E-state index contributed by atoms with van der Waals surface area (Å²) >= 11 is 1.79. The largest absolute Gasteiger partial charge is 0.493 e. The average Bonchev–Trinajstić information content (AvgIpc) is 2.66. The van der Waals surface area contributed by atoms with Gasteiger partial charge in [0.05, 0.1) is 26.7 Å². The maximum atomic E-state index is 12.2. The second-order valence-corrected chi connectivity index (χ2v) is 8.07. The van der Waals surface area contributed by atoms with Crippen LogP contribution in [0.15, 0.2) is 47.4 Å². The summed E-state index contributed by atoms with van der Waals surface area (Å²) < 4.78 is 10.4. The topological polar surface area (TPSA) is 67.8 Å². The first-order valence-electron chi connectivity index (χ1n) is 8.85. The highest BCUT2D eigenvalue weighted by Gasteiger charge is 2.13. The number of hydrogen-bond donors (Lipinski definition) is 2. The standard InChI is InChI=1S/C21H27NO4S/c1-14(2)27-17-8-5-15(6-9-17)11-21(24)22-13-18(23)16-7-10-19(25-3)20(12-16)26-4/h5-10,12,14,18,23H,11,13H2,1-4H3,(H,22,24). The quantitative estimate of drug-likeness (QED) is 0.642. The van der Waals surface area contributed by atoms with Crippen LogP contribution in [0.2, 0.25) is 0 Å². The Morgan fingerprint density at radius 2 is 1.74 bits per heavy atom. The van der Waals surface area contributed by atoms with Gasteiger partial charge in [-0.25, -0.2) is 0 Å². The molecular weight excluding hydrogens is 362 g/mol. The maximum absolute atomic E-state index is 12.2. The zero-order valence-corrected chi connectivity index (χ0v) is 17.0. The van der Waals surface area contributed by atoms with Crippen molar-refractivity contribution in [2.75, 3.05) is 20.8 Å². The van der Waals surface area contributed by atoms with Crippen LogP contribution in [0.1, 0.15) is 31.1 Å². The number of carbonyl (C=O) groups is 1. The van der Waals surface area contributed by atoms with Gasteiger partial charge in [0.2, 0.25) is 5.91 Å². The lowest BCUT2D eigenvalue weighted by molar-refractivity contribution is -0.120. The molecule has 146 valence electrons. The van der Waals surface area contributed by atoms with Crippen molar-refractivity contribution >= 4 is 17.7 Å². The second-order valence-electron chi connectivity index (χ2n) is 6.42. The minimum absolute atomic E-state index is 0.126. The summed E-state index contributed by atoms with van der Waals surface area (Å²) in [6.07, 6.45) is -0.538. The van der Waals surface area contributed by atoms with Crippen LogP contribution < -0.4 is 14.8 Å². The summed E-state index contributed by atoms with van der Waals surface area (Å²) in [6.45, 7) is 4.43. The molecule has 5 nitrogen and oxygen atoms in total. The number of hydrogen-bond acceptors (Lipinski definition) is 5. The van der Waals surface area contributed by atoms with Crippen LogP contribution in [0.3, 0.4) is 0 Å². The molecule has 0 saturated heterocycles. The molecule has 2 aromatic carbocycles. The van der Waals surface area contributed by atoms with Crippen LogP contribution in [0.25, 0.3) is 0 Å². The Labute approximate surface area is 165 Å². The molecule has 0 heterocycles. The van der Waals surface area contributed by atoms with Crippen molar-refractivity contribution in [2.45, 2.75) is 36.5 Å². The van der Waals surface area contributed by atoms with Crippen molar-refractivity contribution in [3.05, 3.63) is 53.6 Å². The Hall–Kier alpha value is -2.18. The Morgan fingerprint density at radius 3 is 2.33 bits per heavy atom. The van der Waals surface area contributed by atoms with Crippen LogP contribution in [-0.4, -0.2) is 37.0 Å². The Kier molecular flexibility index (Phi) is 8.00. The minimum atomic E-state index is -0.821. The van der Waals surface area contributed by atoms with E-state index in [9.17, 15) is 9.90 Å². The summed E-state index contributed by atoms with van der Waals surface area (Å²) in [5.74, 6) is 1.01. The number of carbonyl (C=O) groups excluding carboxylic acids is 1. The Morgan fingerprint density at radius 1 is 1.07 bits per heavy atom. The number of methoxy groups -OCH3 is 2. The minimum Gasteiger partial charge on any atom is -0.493 e. The van der Waals surface area contributed by atoms with Gasteiger partial charge in [-0.15, -0.1) is 11.8 Å². The molecule has 0 aliphatic carbocycles. The van der Waals surface area contributed by atoms with E-state index < -0.39 is 6.10 Å². The van der Waals surface area contributed by atoms with Gasteiger partial charge in [-0.2, -0.15) is 0 Å². The van der Waals surface area contributed by atoms with E-state index in [2.05, 4.69) is 19.2 Å². The van der Waals surface area contributed by atoms with Gasteiger partial charge in [0.1, 0.15) is 0 Å². The fourth-order valence-electron chi connectivity index (χ4n) is 2.59. The number of amides is 1. The smallest absolute Gasteiger partial charge is 0.224 e. The van der Waals surface area contributed by atoms with Crippen LogP contribution in [-0.2, 0) is 11.2 Å². The zero-order chi connectivity index (χ0) is 19.8. The molecule has 2 aromatic rings. The molecule has 0 aliphatic heterocycles. The third-order valence-electron chi connectivity index (χ3n) is 3.94. The zero-order valence-electron chi connectivity index (χ0n) is 16.2. The predicted octanol–water partition coefficient (Wildman–Crippen LogP) is 3.60. The fraction of sp³-hybridized carbons (Fsp3) is 0.381. The van der Waals surface area contributed by atoms with E-state index in [0.717, 1.165) is 5.56 Å². The van der Waals surface area contributed by atoms with E-state index in [0.29, 0.717) is 22.3 Å². The molecule has 6 heteroatoms. The van der Waals surface area contributed by atoms with Gasteiger partial charge in [-0.1, -0.05) is 32.0 Å². The van der Waals surface area contributed by atoms with Crippen molar-refractivity contribution in [2.24, 2.45) is 0 Å². The molecule has 0 aromatic heterocycles. The first kappa shape index (κ1) is 21.1. The molecule has 2 N–H and O–H groups in total. The number of aliphatic hydroxyl groups excluding tert-OH is 1. The number of ether oxygens (including phenoxy) is 2. The van der Waals surface area contributed by atoms with Crippen LogP contribution in [0.4, 0.5) is 0 Å². The number of aliphatic hydroxyl groups is 1. The van der Waals surface area contributed by atoms with E-state index in [4.69, 9.17) is 9.47 Å². The van der Waals surface area contributed by atoms with Crippen LogP contribution >= 0.6 is 11.8 Å². The summed E-state index contributed by atoms with van der Waals surface area (Å²) in [4.78, 5) is 13.4. The molecule has 0 saturated carbocycles. The summed E-state index contributed by atoms with van der Waals surface area (Å²) in [5, 5.41) is 13.6. The number of rotatable bonds is 9. The summed E-state index contributed by atoms with van der Waals surface area (Å²) in [5.41, 5.74) is 1.60. The van der Waals surface area contributed by atoms with Crippen molar-refractivity contribution in [1.29, 1.82) is 0 Å². The highest BCUT2D eigenvalue weighted by Crippen LogP contribution is 2.29. The van der Waals surface area contributed by atoms with E-state index in [1.807, 2.05) is 24.3 Å². The number of nitrogens with one attached hydrogen (secondary N) is 1. The van der Waals surface area contributed by atoms with Gasteiger partial charge in [-0.3, -0.25) is 4.79 Å². The van der Waals surface area contributed by atoms with Crippen molar-refractivity contribution in [1.82, 2.24) is 5.32 Å². The second kappa shape index (κ2) is 10.2. The van der Waals surface area contributed by atoms with Gasteiger partial charge in [0.15, 0.2) is 11.5 Å². The van der Waals surface area contributed by atoms with Gasteiger partial charge < -0.3 is 19.9 Å². The predicted molar refractivity (Wildman–Crippen MR) is 109 cm³/mol. The first-order chi connectivity index (χ1) is 12.9. The lowest BCUT2D eigenvalue weighted by atomic mass is 10.1. The molecule has 1 amide bonds. The van der Waals surface area contributed by atoms with Gasteiger partial charge in [0.25, 0.3) is 0 Å². The molecule has 0 fully saturated rings. The highest BCUT2D eigenvalue weighted by atomic mass is 32.2. The summed E-state index contributed by atoms with van der Waals surface area (Å²) in [6, 6.07) is 13.2. The summed E-state index contributed by atoms with van der Waals surface area (Å²) in [7, 11) is 3.10. The molecule has 0 radical (unpaired) electrons. The molecule has 0 spiro atoms. The molecular formula is C21H27NO4S. The average molecular weight is 390 g/mol. The van der Waals surface area contributed by atoms with Gasteiger partial charge in [-0.05, 0) is 35.4 Å². The monoisotopic (exact) mass is 389 g/mol. The first-order valence-corrected chi connectivity index (χ1v) is 9.73. The molecule has 1 unspecified atom stereocenters. The lowest BCUT2D eigenvalue weighted by Crippen LogP contribution is -2.29. The Balaban J connectivity index is 1.87. The third-order valence-corrected chi connectivity index (χ3v) is 4.96. The van der Waals surface area contributed by atoms with Crippen LogP contribution in [0, 0.1) is 0 Å². The van der Waals surface area contributed by atoms with Crippen LogP contribution in [0.5, 0.6) is 11.5 Å². The van der Waals surface area contributed by atoms with Gasteiger partial charge >= 0.3 is 0 Å². The Bertz CT molecular complexity index is 746. The van der Waals surface area contributed by atoms with Crippen molar-refractivity contribution in [3.63, 3.8) is 0 Å². The number of thioether (sulfide) groups is 1. The maximum Gasteiger partial charge on any atom is 0.224 e. The molecule has 1 atom stereocenters. The third kappa shape index (κ3) is 6.48. The van der Waals surface area contributed by atoms with Crippen molar-refractivity contribution < 1.29 is 19.4 Å².